The van der Waals surface area contributed by atoms with Gasteiger partial charge in [0.15, 0.2) is 0 Å². The highest BCUT2D eigenvalue weighted by Gasteiger charge is 2.24. The van der Waals surface area contributed by atoms with Crippen molar-refractivity contribution in [3.8, 4) is 0 Å². The number of nitrogens with one attached hydrogen (secondary N) is 1. The minimum Gasteiger partial charge on any atom is -0.338 e. The number of anilines is 1. The average molecular weight is 284 g/mol. The van der Waals surface area contributed by atoms with Crippen molar-refractivity contribution in [2.24, 2.45) is 0 Å². The van der Waals surface area contributed by atoms with E-state index in [0.29, 0.717) is 5.56 Å². The Morgan fingerprint density at radius 2 is 1.52 bits per heavy atom. The van der Waals surface area contributed by atoms with Gasteiger partial charge < -0.3 is 10.2 Å². The predicted octanol–water partition coefficient (Wildman–Crippen LogP) is 2.97. The highest BCUT2D eigenvalue weighted by molar-refractivity contribution is 5.95. The summed E-state index contributed by atoms with van der Waals surface area (Å²) >= 11 is 0. The average Bonchev–Trinajstić information content (AvgIpc) is 3.32. The van der Waals surface area contributed by atoms with Gasteiger partial charge in [-0.25, -0.2) is 0 Å². The lowest BCUT2D eigenvalue weighted by Gasteiger charge is -2.28. The highest BCUT2D eigenvalue weighted by atomic mass is 16.2. The third kappa shape index (κ3) is 3.32. The largest absolute Gasteiger partial charge is 0.338 e. The minimum absolute atomic E-state index is 0.0872. The summed E-state index contributed by atoms with van der Waals surface area (Å²) in [7, 11) is 0. The quantitative estimate of drug-likeness (QED) is 0.849. The van der Waals surface area contributed by atoms with Gasteiger partial charge in [-0.3, -0.25) is 9.59 Å². The molecule has 21 heavy (non-hydrogen) atoms. The second kappa shape index (κ2) is 5.72. The molecule has 0 aromatic heterocycles. The van der Waals surface area contributed by atoms with Crippen LogP contribution in [0.2, 0.25) is 0 Å². The molecule has 0 spiro atoms. The number of likely N-dealkylation sites (tertiary alicyclic amines) is 1. The number of rotatable bonds is 2. The maximum absolute atomic E-state index is 12.4. The molecule has 2 aliphatic rings. The molecule has 2 amide bonds. The van der Waals surface area contributed by atoms with Crippen LogP contribution in [0.25, 0.3) is 0 Å². The molecular formula is C17H20N2O2. The Kier molecular flexibility index (Phi) is 3.78. The summed E-state index contributed by atoms with van der Waals surface area (Å²) < 4.78 is 0. The number of benzene rings is 1. The van der Waals surface area contributed by atoms with Gasteiger partial charge in [-0.2, -0.15) is 0 Å². The van der Waals surface area contributed by atoms with Crippen LogP contribution in [0.4, 0.5) is 5.69 Å². The van der Waals surface area contributed by atoms with Crippen LogP contribution in [0.5, 0.6) is 0 Å². The van der Waals surface area contributed by atoms with Crippen molar-refractivity contribution < 1.29 is 9.59 Å². The fraction of sp³-hybridized carbons (Fsp3) is 0.412. The number of amides is 2. The smallest absolute Gasteiger partial charge is 0.253 e. The molecule has 110 valence electrons. The van der Waals surface area contributed by atoms with Crippen molar-refractivity contribution >= 4 is 17.5 Å². The molecule has 4 nitrogen and oxygen atoms in total. The van der Waals surface area contributed by atoms with E-state index < -0.39 is 0 Å². The molecule has 1 N–H and O–H groups in total. The van der Waals surface area contributed by atoms with Gasteiger partial charge in [0.05, 0.1) is 0 Å². The highest BCUT2D eigenvalue weighted by Crippen LogP contribution is 2.36. The summed E-state index contributed by atoms with van der Waals surface area (Å²) in [5, 5.41) is 2.71. The summed E-state index contributed by atoms with van der Waals surface area (Å²) in [5.74, 6) is -0.0185. The number of hydrogen-bond acceptors (Lipinski definition) is 2. The van der Waals surface area contributed by atoms with E-state index in [-0.39, 0.29) is 11.8 Å². The number of carbonyl (C=O) groups excluding carboxylic acids is 2. The fourth-order valence-corrected chi connectivity index (χ4v) is 2.83. The molecule has 1 aromatic rings. The number of allylic oxidation sites excluding steroid dienone is 1. The molecule has 4 heteroatoms. The molecule has 1 aliphatic heterocycles. The van der Waals surface area contributed by atoms with Crippen molar-refractivity contribution in [1.82, 2.24) is 4.90 Å². The monoisotopic (exact) mass is 284 g/mol. The van der Waals surface area contributed by atoms with Gasteiger partial charge in [-0.1, -0.05) is 11.1 Å². The van der Waals surface area contributed by atoms with Crippen LogP contribution < -0.4 is 5.32 Å². The molecule has 0 unspecified atom stereocenters. The third-order valence-electron chi connectivity index (χ3n) is 4.11. The first-order valence-electron chi connectivity index (χ1n) is 7.50. The van der Waals surface area contributed by atoms with Crippen LogP contribution in [-0.2, 0) is 4.79 Å². The van der Waals surface area contributed by atoms with Crippen molar-refractivity contribution in [2.45, 2.75) is 32.6 Å². The lowest BCUT2D eigenvalue weighted by Crippen LogP contribution is -2.36. The lowest BCUT2D eigenvalue weighted by atomic mass is 10.0. The van der Waals surface area contributed by atoms with E-state index in [9.17, 15) is 9.59 Å². The van der Waals surface area contributed by atoms with E-state index in [1.807, 2.05) is 4.90 Å². The van der Waals surface area contributed by atoms with E-state index in [2.05, 4.69) is 5.32 Å². The van der Waals surface area contributed by atoms with Crippen molar-refractivity contribution in [2.75, 3.05) is 18.4 Å². The predicted molar refractivity (Wildman–Crippen MR) is 82.1 cm³/mol. The Hall–Kier alpha value is -2.10. The van der Waals surface area contributed by atoms with Crippen LogP contribution in [0, 0.1) is 0 Å². The molecular weight excluding hydrogens is 264 g/mol. The van der Waals surface area contributed by atoms with Gasteiger partial charge in [-0.05, 0) is 49.9 Å². The molecule has 0 radical (unpaired) electrons. The lowest BCUT2D eigenvalue weighted by molar-refractivity contribution is -0.114. The van der Waals surface area contributed by atoms with Gasteiger partial charge in [-0.15, -0.1) is 0 Å². The Morgan fingerprint density at radius 1 is 0.952 bits per heavy atom. The molecule has 0 atom stereocenters. The Balaban J connectivity index is 1.62. The van der Waals surface area contributed by atoms with E-state index in [1.54, 1.807) is 35.4 Å². The van der Waals surface area contributed by atoms with Gasteiger partial charge in [0.25, 0.3) is 5.91 Å². The maximum Gasteiger partial charge on any atom is 0.253 e. The van der Waals surface area contributed by atoms with Crippen molar-refractivity contribution in [3.05, 3.63) is 41.0 Å². The Labute approximate surface area is 124 Å². The summed E-state index contributed by atoms with van der Waals surface area (Å²) in [6.07, 6.45) is 4.61. The third-order valence-corrected chi connectivity index (χ3v) is 4.11. The molecule has 1 saturated heterocycles. The molecule has 1 saturated carbocycles. The number of piperidine rings is 1. The van der Waals surface area contributed by atoms with Crippen molar-refractivity contribution in [1.29, 1.82) is 0 Å². The molecule has 1 aliphatic carbocycles. The van der Waals surface area contributed by atoms with Crippen LogP contribution >= 0.6 is 0 Å². The zero-order valence-electron chi connectivity index (χ0n) is 12.3. The van der Waals surface area contributed by atoms with Gasteiger partial charge in [0.1, 0.15) is 0 Å². The topological polar surface area (TPSA) is 49.4 Å². The standard InChI is InChI=1S/C17H20N2O2/c1-12(20)18-16-6-4-15(5-7-16)17(21)19-10-8-14(9-11-19)13-2-3-13/h4-7H,2-3,8-11H2,1H3,(H,18,20). The molecule has 1 aromatic carbocycles. The van der Waals surface area contributed by atoms with E-state index in [0.717, 1.165) is 31.6 Å². The van der Waals surface area contributed by atoms with Crippen molar-refractivity contribution in [3.63, 3.8) is 0 Å². The number of nitrogens with zero attached hydrogens (tertiary/aromatic N) is 1. The van der Waals surface area contributed by atoms with Gasteiger partial charge in [0, 0.05) is 31.3 Å². The first kappa shape index (κ1) is 13.9. The summed E-state index contributed by atoms with van der Waals surface area (Å²) in [4.78, 5) is 25.4. The number of carbonyl (C=O) groups is 2. The van der Waals surface area contributed by atoms with Gasteiger partial charge >= 0.3 is 0 Å². The first-order chi connectivity index (χ1) is 10.1. The molecule has 0 bridgehead atoms. The SMILES string of the molecule is CC(=O)Nc1ccc(C(=O)N2CCC(=C3CC3)CC2)cc1. The fourth-order valence-electron chi connectivity index (χ4n) is 2.83. The first-order valence-corrected chi connectivity index (χ1v) is 7.50. The van der Waals surface area contributed by atoms with Crippen LogP contribution in [-0.4, -0.2) is 29.8 Å². The number of hydrogen-bond donors (Lipinski definition) is 1. The zero-order chi connectivity index (χ0) is 14.8. The normalized spacial score (nSPS) is 17.7. The second-order valence-corrected chi connectivity index (χ2v) is 5.76. The van der Waals surface area contributed by atoms with E-state index >= 15 is 0 Å². The summed E-state index contributed by atoms with van der Waals surface area (Å²) in [6, 6.07) is 7.11. The molecule has 3 rings (SSSR count). The molecule has 1 heterocycles. The summed E-state index contributed by atoms with van der Waals surface area (Å²) in [6.45, 7) is 3.12. The van der Waals surface area contributed by atoms with Crippen LogP contribution in [0.3, 0.4) is 0 Å². The van der Waals surface area contributed by atoms with Crippen LogP contribution in [0.15, 0.2) is 35.4 Å². The maximum atomic E-state index is 12.4. The van der Waals surface area contributed by atoms with Gasteiger partial charge in [0.2, 0.25) is 5.91 Å². The van der Waals surface area contributed by atoms with E-state index in [1.165, 1.54) is 19.8 Å². The van der Waals surface area contributed by atoms with E-state index in [4.69, 9.17) is 0 Å². The zero-order valence-corrected chi connectivity index (χ0v) is 12.3. The Bertz CT molecular complexity index is 586. The van der Waals surface area contributed by atoms with Crippen LogP contribution in [0.1, 0.15) is 43.0 Å². The summed E-state index contributed by atoms with van der Waals surface area (Å²) in [5.41, 5.74) is 4.62. The second-order valence-electron chi connectivity index (χ2n) is 5.76. The molecule has 2 fully saturated rings. The Morgan fingerprint density at radius 3 is 2.05 bits per heavy atom. The minimum atomic E-state index is -0.106.